The second-order valence-corrected chi connectivity index (χ2v) is 8.26. The number of nitrogens with two attached hydrogens (primary N) is 1. The van der Waals surface area contributed by atoms with Crippen LogP contribution in [0.5, 0.6) is 0 Å². The minimum atomic E-state index is -4.00. The van der Waals surface area contributed by atoms with Crippen LogP contribution in [0.25, 0.3) is 0 Å². The first-order valence-corrected chi connectivity index (χ1v) is 10.4. The van der Waals surface area contributed by atoms with E-state index in [9.17, 15) is 18.5 Å². The van der Waals surface area contributed by atoms with Crippen molar-refractivity contribution < 1.29 is 22.8 Å². The van der Waals surface area contributed by atoms with Crippen molar-refractivity contribution in [3.05, 3.63) is 28.3 Å². The lowest BCUT2D eigenvalue weighted by Gasteiger charge is -2.38. The summed E-state index contributed by atoms with van der Waals surface area (Å²) < 4.78 is 34.1. The van der Waals surface area contributed by atoms with Gasteiger partial charge < -0.3 is 14.8 Å². The van der Waals surface area contributed by atoms with E-state index in [1.54, 1.807) is 0 Å². The van der Waals surface area contributed by atoms with Crippen molar-refractivity contribution in [2.45, 2.75) is 29.9 Å². The third-order valence-electron chi connectivity index (χ3n) is 4.92. The standard InChI is InChI=1S/C16H24N4O6S/c17-27(23,24)14-3-4-15(16(9-14)20(21)22)18-10-13-2-1-12(11-26-13)19-5-7-25-8-6-19/h3-4,9,12-13,18H,1-2,5-8,10-11H2,(H2,17,23,24)/t12-,13+/m0/s1. The zero-order chi connectivity index (χ0) is 19.4. The molecule has 150 valence electrons. The van der Waals surface area contributed by atoms with Gasteiger partial charge in [0.05, 0.1) is 35.7 Å². The zero-order valence-electron chi connectivity index (χ0n) is 14.9. The molecule has 2 aliphatic heterocycles. The summed E-state index contributed by atoms with van der Waals surface area (Å²) in [6, 6.07) is 3.96. The molecule has 11 heteroatoms. The number of hydrogen-bond donors (Lipinski definition) is 2. The van der Waals surface area contributed by atoms with E-state index in [1.807, 2.05) is 0 Å². The highest BCUT2D eigenvalue weighted by Crippen LogP contribution is 2.28. The highest BCUT2D eigenvalue weighted by atomic mass is 32.2. The molecule has 0 unspecified atom stereocenters. The normalized spacial score (nSPS) is 24.5. The molecule has 3 N–H and O–H groups in total. The zero-order valence-corrected chi connectivity index (χ0v) is 15.7. The second-order valence-electron chi connectivity index (χ2n) is 6.70. The Hall–Kier alpha value is -1.79. The topological polar surface area (TPSA) is 137 Å². The molecule has 2 heterocycles. The van der Waals surface area contributed by atoms with Gasteiger partial charge in [-0.3, -0.25) is 15.0 Å². The maximum Gasteiger partial charge on any atom is 0.293 e. The quantitative estimate of drug-likeness (QED) is 0.521. The number of sulfonamides is 1. The van der Waals surface area contributed by atoms with E-state index in [1.165, 1.54) is 12.1 Å². The van der Waals surface area contributed by atoms with Crippen molar-refractivity contribution in [3.63, 3.8) is 0 Å². The van der Waals surface area contributed by atoms with Crippen molar-refractivity contribution in [3.8, 4) is 0 Å². The summed E-state index contributed by atoms with van der Waals surface area (Å²) in [7, 11) is -4.00. The Bertz CT molecular complexity index is 773. The Morgan fingerprint density at radius 2 is 2.04 bits per heavy atom. The van der Waals surface area contributed by atoms with Gasteiger partial charge in [0.2, 0.25) is 10.0 Å². The summed E-state index contributed by atoms with van der Waals surface area (Å²) >= 11 is 0. The molecule has 2 fully saturated rings. The van der Waals surface area contributed by atoms with Crippen molar-refractivity contribution >= 4 is 21.4 Å². The molecular weight excluding hydrogens is 376 g/mol. The van der Waals surface area contributed by atoms with Gasteiger partial charge >= 0.3 is 0 Å². The largest absolute Gasteiger partial charge is 0.379 e. The van der Waals surface area contributed by atoms with E-state index < -0.39 is 14.9 Å². The molecule has 0 bridgehead atoms. The van der Waals surface area contributed by atoms with Gasteiger partial charge in [0.15, 0.2) is 0 Å². The van der Waals surface area contributed by atoms with Gasteiger partial charge in [-0.05, 0) is 25.0 Å². The lowest BCUT2D eigenvalue weighted by Crippen LogP contribution is -2.49. The number of rotatable bonds is 6. The Morgan fingerprint density at radius 1 is 1.30 bits per heavy atom. The minimum absolute atomic E-state index is 0.0557. The maximum absolute atomic E-state index is 11.4. The second kappa shape index (κ2) is 8.48. The fraction of sp³-hybridized carbons (Fsp3) is 0.625. The van der Waals surface area contributed by atoms with Gasteiger partial charge in [-0.25, -0.2) is 13.6 Å². The van der Waals surface area contributed by atoms with E-state index in [2.05, 4.69) is 10.2 Å². The molecule has 0 aliphatic carbocycles. The number of nitrogens with one attached hydrogen (secondary N) is 1. The first-order chi connectivity index (χ1) is 12.8. The first-order valence-electron chi connectivity index (χ1n) is 8.83. The summed E-state index contributed by atoms with van der Waals surface area (Å²) in [6.45, 7) is 4.36. The molecule has 1 aromatic rings. The van der Waals surface area contributed by atoms with Crippen LogP contribution in [0, 0.1) is 10.1 Å². The van der Waals surface area contributed by atoms with Gasteiger partial charge in [0.1, 0.15) is 5.69 Å². The minimum Gasteiger partial charge on any atom is -0.379 e. The smallest absolute Gasteiger partial charge is 0.293 e. The van der Waals surface area contributed by atoms with Gasteiger partial charge in [-0.2, -0.15) is 0 Å². The number of nitrogens with zero attached hydrogens (tertiary/aromatic N) is 2. The van der Waals surface area contributed by atoms with Crippen molar-refractivity contribution in [1.82, 2.24) is 4.90 Å². The van der Waals surface area contributed by atoms with Crippen LogP contribution < -0.4 is 10.5 Å². The van der Waals surface area contributed by atoms with Crippen LogP contribution in [0.3, 0.4) is 0 Å². The number of nitro benzene ring substituents is 1. The van der Waals surface area contributed by atoms with Crippen molar-refractivity contribution in [2.75, 3.05) is 44.8 Å². The fourth-order valence-corrected chi connectivity index (χ4v) is 3.93. The highest BCUT2D eigenvalue weighted by Gasteiger charge is 2.28. The average Bonchev–Trinajstić information content (AvgIpc) is 2.66. The molecule has 0 saturated carbocycles. The van der Waals surface area contributed by atoms with Crippen molar-refractivity contribution in [2.24, 2.45) is 5.14 Å². The Kier molecular flexibility index (Phi) is 6.27. The summed E-state index contributed by atoms with van der Waals surface area (Å²) in [6.07, 6.45) is 1.79. The highest BCUT2D eigenvalue weighted by molar-refractivity contribution is 7.89. The van der Waals surface area contributed by atoms with Crippen LogP contribution in [0.4, 0.5) is 11.4 Å². The number of benzene rings is 1. The molecule has 0 radical (unpaired) electrons. The SMILES string of the molecule is NS(=O)(=O)c1ccc(NC[C@H]2CC[C@H](N3CCOCC3)CO2)c([N+](=O)[O-])c1. The Morgan fingerprint density at radius 3 is 2.63 bits per heavy atom. The van der Waals surface area contributed by atoms with Crippen LogP contribution in [0.15, 0.2) is 23.1 Å². The van der Waals surface area contributed by atoms with Crippen molar-refractivity contribution in [1.29, 1.82) is 0 Å². The first kappa shape index (κ1) is 20.0. The molecule has 2 saturated heterocycles. The number of anilines is 1. The molecule has 1 aromatic carbocycles. The molecule has 0 aromatic heterocycles. The monoisotopic (exact) mass is 400 g/mol. The lowest BCUT2D eigenvalue weighted by atomic mass is 10.0. The summed E-state index contributed by atoms with van der Waals surface area (Å²) in [4.78, 5) is 12.7. The number of morpholine rings is 1. The molecule has 10 nitrogen and oxygen atoms in total. The fourth-order valence-electron chi connectivity index (χ4n) is 3.40. The van der Waals surface area contributed by atoms with E-state index in [4.69, 9.17) is 14.6 Å². The number of ether oxygens (including phenoxy) is 2. The van der Waals surface area contributed by atoms with Gasteiger partial charge in [-0.1, -0.05) is 0 Å². The van der Waals surface area contributed by atoms with E-state index in [0.717, 1.165) is 45.2 Å². The number of primary sulfonamides is 1. The average molecular weight is 400 g/mol. The van der Waals surface area contributed by atoms with Crippen LogP contribution in [0.1, 0.15) is 12.8 Å². The Balaban J connectivity index is 1.56. The van der Waals surface area contributed by atoms with Crippen LogP contribution in [-0.2, 0) is 19.5 Å². The number of nitro groups is 1. The van der Waals surface area contributed by atoms with E-state index in [0.29, 0.717) is 19.2 Å². The Labute approximate surface area is 157 Å². The van der Waals surface area contributed by atoms with Crippen LogP contribution in [0.2, 0.25) is 0 Å². The molecule has 3 rings (SSSR count). The van der Waals surface area contributed by atoms with Gasteiger partial charge in [-0.15, -0.1) is 0 Å². The van der Waals surface area contributed by atoms with Crippen LogP contribution >= 0.6 is 0 Å². The summed E-state index contributed by atoms with van der Waals surface area (Å²) in [5.41, 5.74) is -0.0881. The number of hydrogen-bond acceptors (Lipinski definition) is 8. The molecule has 2 aliphatic rings. The van der Waals surface area contributed by atoms with E-state index >= 15 is 0 Å². The molecule has 0 amide bonds. The third-order valence-corrected chi connectivity index (χ3v) is 5.83. The summed E-state index contributed by atoms with van der Waals surface area (Å²) in [5.74, 6) is 0. The summed E-state index contributed by atoms with van der Waals surface area (Å²) in [5, 5.41) is 19.3. The maximum atomic E-state index is 11.4. The van der Waals surface area contributed by atoms with Gasteiger partial charge in [0, 0.05) is 31.7 Å². The molecule has 2 atom stereocenters. The molecule has 0 spiro atoms. The van der Waals surface area contributed by atoms with Gasteiger partial charge in [0.25, 0.3) is 5.69 Å². The predicted molar refractivity (Wildman–Crippen MR) is 98.1 cm³/mol. The van der Waals surface area contributed by atoms with Crippen LogP contribution in [-0.4, -0.2) is 69.8 Å². The third kappa shape index (κ3) is 5.14. The molecule has 27 heavy (non-hydrogen) atoms. The predicted octanol–water partition coefficient (Wildman–Crippen LogP) is 0.534. The van der Waals surface area contributed by atoms with E-state index in [-0.39, 0.29) is 22.4 Å². The lowest BCUT2D eigenvalue weighted by molar-refractivity contribution is -0.384. The molecular formula is C16H24N4O6S.